The highest BCUT2D eigenvalue weighted by atomic mass is 32.2. The number of hydrogen-bond donors (Lipinski definition) is 0. The van der Waals surface area contributed by atoms with Gasteiger partial charge in [0.2, 0.25) is 10.0 Å². The molecule has 2 aromatic rings. The van der Waals surface area contributed by atoms with Crippen molar-refractivity contribution in [3.8, 4) is 5.75 Å². The summed E-state index contributed by atoms with van der Waals surface area (Å²) in [5.41, 5.74) is 2.15. The van der Waals surface area contributed by atoms with E-state index in [0.29, 0.717) is 30.8 Å². The Balaban J connectivity index is 1.63. The molecule has 0 spiro atoms. The highest BCUT2D eigenvalue weighted by Gasteiger charge is 2.30. The molecule has 5 heteroatoms. The first-order chi connectivity index (χ1) is 11.4. The third-order valence-corrected chi connectivity index (χ3v) is 6.25. The number of piperidine rings is 1. The van der Waals surface area contributed by atoms with E-state index in [1.54, 1.807) is 22.5 Å². The minimum absolute atomic E-state index is 0.0664. The van der Waals surface area contributed by atoms with E-state index in [-0.39, 0.29) is 6.10 Å². The summed E-state index contributed by atoms with van der Waals surface area (Å²) in [6.45, 7) is 4.93. The average molecular weight is 345 g/mol. The van der Waals surface area contributed by atoms with Gasteiger partial charge < -0.3 is 4.74 Å². The van der Waals surface area contributed by atoms with Crippen LogP contribution < -0.4 is 4.74 Å². The molecule has 128 valence electrons. The van der Waals surface area contributed by atoms with Crippen LogP contribution in [0.25, 0.3) is 0 Å². The average Bonchev–Trinajstić information content (AvgIpc) is 2.57. The number of sulfonamides is 1. The standard InChI is InChI=1S/C19H23NO3S/c1-15-6-8-17(9-7-15)23-18-10-12-20(13-11-18)24(21,22)19-5-3-4-16(2)14-19/h3-9,14,18H,10-13H2,1-2H3. The Labute approximate surface area is 144 Å². The number of ether oxygens (including phenoxy) is 1. The molecular formula is C19H23NO3S. The van der Waals surface area contributed by atoms with Gasteiger partial charge in [-0.1, -0.05) is 29.8 Å². The quantitative estimate of drug-likeness (QED) is 0.851. The van der Waals surface area contributed by atoms with E-state index in [1.165, 1.54) is 5.56 Å². The molecule has 0 aliphatic carbocycles. The summed E-state index contributed by atoms with van der Waals surface area (Å²) < 4.78 is 33.0. The van der Waals surface area contributed by atoms with E-state index in [1.807, 2.05) is 44.2 Å². The van der Waals surface area contributed by atoms with Gasteiger partial charge in [-0.25, -0.2) is 8.42 Å². The van der Waals surface area contributed by atoms with Crippen LogP contribution in [0.2, 0.25) is 0 Å². The smallest absolute Gasteiger partial charge is 0.243 e. The molecule has 0 unspecified atom stereocenters. The number of rotatable bonds is 4. The van der Waals surface area contributed by atoms with Gasteiger partial charge in [-0.15, -0.1) is 0 Å². The van der Waals surface area contributed by atoms with Crippen molar-refractivity contribution >= 4 is 10.0 Å². The maximum Gasteiger partial charge on any atom is 0.243 e. The molecular weight excluding hydrogens is 322 g/mol. The van der Waals surface area contributed by atoms with E-state index in [9.17, 15) is 8.42 Å². The lowest BCUT2D eigenvalue weighted by molar-refractivity contribution is 0.135. The van der Waals surface area contributed by atoms with Crippen molar-refractivity contribution in [1.29, 1.82) is 0 Å². The van der Waals surface area contributed by atoms with Gasteiger partial charge in [-0.05, 0) is 56.5 Å². The normalized spacial score (nSPS) is 16.9. The second-order valence-corrected chi connectivity index (χ2v) is 8.29. The molecule has 1 saturated heterocycles. The van der Waals surface area contributed by atoms with Gasteiger partial charge in [-0.2, -0.15) is 4.31 Å². The third kappa shape index (κ3) is 3.79. The third-order valence-electron chi connectivity index (χ3n) is 4.35. The van der Waals surface area contributed by atoms with E-state index < -0.39 is 10.0 Å². The van der Waals surface area contributed by atoms with Crippen LogP contribution in [0.5, 0.6) is 5.75 Å². The highest BCUT2D eigenvalue weighted by Crippen LogP contribution is 2.24. The molecule has 1 heterocycles. The Bertz CT molecular complexity index is 792. The van der Waals surface area contributed by atoms with Crippen LogP contribution in [0.3, 0.4) is 0 Å². The largest absolute Gasteiger partial charge is 0.490 e. The first-order valence-corrected chi connectivity index (χ1v) is 9.69. The second kappa shape index (κ2) is 6.95. The molecule has 4 nitrogen and oxygen atoms in total. The zero-order chi connectivity index (χ0) is 17.2. The fourth-order valence-corrected chi connectivity index (χ4v) is 4.50. The van der Waals surface area contributed by atoms with E-state index in [0.717, 1.165) is 11.3 Å². The van der Waals surface area contributed by atoms with Crippen LogP contribution in [0, 0.1) is 13.8 Å². The predicted molar refractivity (Wildman–Crippen MR) is 94.8 cm³/mol. The zero-order valence-electron chi connectivity index (χ0n) is 14.1. The second-order valence-electron chi connectivity index (χ2n) is 6.35. The molecule has 24 heavy (non-hydrogen) atoms. The molecule has 2 aromatic carbocycles. The number of aryl methyl sites for hydroxylation is 2. The van der Waals surface area contributed by atoms with Crippen LogP contribution in [-0.4, -0.2) is 31.9 Å². The minimum Gasteiger partial charge on any atom is -0.490 e. The van der Waals surface area contributed by atoms with Crippen molar-refractivity contribution in [2.45, 2.75) is 37.7 Å². The van der Waals surface area contributed by atoms with E-state index in [2.05, 4.69) is 0 Å². The molecule has 0 atom stereocenters. The van der Waals surface area contributed by atoms with Crippen LogP contribution in [-0.2, 0) is 10.0 Å². The summed E-state index contributed by atoms with van der Waals surface area (Å²) in [7, 11) is -3.41. The van der Waals surface area contributed by atoms with Gasteiger partial charge in [0.15, 0.2) is 0 Å². The molecule has 0 bridgehead atoms. The highest BCUT2D eigenvalue weighted by molar-refractivity contribution is 7.89. The predicted octanol–water partition coefficient (Wildman–Crippen LogP) is 3.54. The number of nitrogens with zero attached hydrogens (tertiary/aromatic N) is 1. The van der Waals surface area contributed by atoms with Crippen molar-refractivity contribution in [2.24, 2.45) is 0 Å². The maximum atomic E-state index is 12.7. The molecule has 1 fully saturated rings. The molecule has 0 amide bonds. The van der Waals surface area contributed by atoms with Gasteiger partial charge in [0.1, 0.15) is 11.9 Å². The Kier molecular flexibility index (Phi) is 4.92. The molecule has 0 saturated carbocycles. The first kappa shape index (κ1) is 17.0. The maximum absolute atomic E-state index is 12.7. The fourth-order valence-electron chi connectivity index (χ4n) is 2.92. The topological polar surface area (TPSA) is 46.6 Å². The Morgan fingerprint density at radius 1 is 0.958 bits per heavy atom. The molecule has 1 aliphatic heterocycles. The van der Waals surface area contributed by atoms with Crippen molar-refractivity contribution in [3.63, 3.8) is 0 Å². The summed E-state index contributed by atoms with van der Waals surface area (Å²) in [5.74, 6) is 0.848. The van der Waals surface area contributed by atoms with E-state index >= 15 is 0 Å². The molecule has 0 radical (unpaired) electrons. The number of hydrogen-bond acceptors (Lipinski definition) is 3. The summed E-state index contributed by atoms with van der Waals surface area (Å²) in [4.78, 5) is 0.375. The lowest BCUT2D eigenvalue weighted by Gasteiger charge is -2.31. The van der Waals surface area contributed by atoms with E-state index in [4.69, 9.17) is 4.74 Å². The van der Waals surface area contributed by atoms with Crippen molar-refractivity contribution < 1.29 is 13.2 Å². The van der Waals surface area contributed by atoms with Gasteiger partial charge in [0.25, 0.3) is 0 Å². The summed E-state index contributed by atoms with van der Waals surface area (Å²) in [6.07, 6.45) is 1.48. The van der Waals surface area contributed by atoms with Crippen molar-refractivity contribution in [3.05, 3.63) is 59.7 Å². The van der Waals surface area contributed by atoms with Gasteiger partial charge in [0.05, 0.1) is 4.90 Å². The zero-order valence-corrected chi connectivity index (χ0v) is 14.9. The van der Waals surface area contributed by atoms with Crippen molar-refractivity contribution in [1.82, 2.24) is 4.31 Å². The summed E-state index contributed by atoms with van der Waals surface area (Å²) in [6, 6.07) is 15.0. The lowest BCUT2D eigenvalue weighted by Crippen LogP contribution is -2.41. The summed E-state index contributed by atoms with van der Waals surface area (Å²) >= 11 is 0. The number of benzene rings is 2. The minimum atomic E-state index is -3.41. The lowest BCUT2D eigenvalue weighted by atomic mass is 10.1. The van der Waals surface area contributed by atoms with Gasteiger partial charge >= 0.3 is 0 Å². The van der Waals surface area contributed by atoms with Crippen LogP contribution in [0.4, 0.5) is 0 Å². The SMILES string of the molecule is Cc1ccc(OC2CCN(S(=O)(=O)c3cccc(C)c3)CC2)cc1. The van der Waals surface area contributed by atoms with Crippen LogP contribution in [0.15, 0.2) is 53.4 Å². The monoisotopic (exact) mass is 345 g/mol. The first-order valence-electron chi connectivity index (χ1n) is 8.25. The van der Waals surface area contributed by atoms with Crippen LogP contribution >= 0.6 is 0 Å². The van der Waals surface area contributed by atoms with Gasteiger partial charge in [0, 0.05) is 13.1 Å². The Morgan fingerprint density at radius 2 is 1.62 bits per heavy atom. The molecule has 3 rings (SSSR count). The van der Waals surface area contributed by atoms with Crippen LogP contribution in [0.1, 0.15) is 24.0 Å². The molecule has 1 aliphatic rings. The molecule has 0 aromatic heterocycles. The Morgan fingerprint density at radius 3 is 2.25 bits per heavy atom. The Hall–Kier alpha value is -1.85. The van der Waals surface area contributed by atoms with Gasteiger partial charge in [-0.3, -0.25) is 0 Å². The van der Waals surface area contributed by atoms with Crippen molar-refractivity contribution in [2.75, 3.05) is 13.1 Å². The summed E-state index contributed by atoms with van der Waals surface area (Å²) in [5, 5.41) is 0. The fraction of sp³-hybridized carbons (Fsp3) is 0.368. The molecule has 0 N–H and O–H groups in total.